The first-order chi connectivity index (χ1) is 8.57. The second-order valence-corrected chi connectivity index (χ2v) is 5.47. The molecule has 1 aliphatic heterocycles. The van der Waals surface area contributed by atoms with E-state index in [2.05, 4.69) is 5.32 Å². The summed E-state index contributed by atoms with van der Waals surface area (Å²) in [4.78, 5) is 11.3. The fourth-order valence-electron chi connectivity index (χ4n) is 2.44. The minimum Gasteiger partial charge on any atom is -0.396 e. The van der Waals surface area contributed by atoms with Crippen molar-refractivity contribution in [2.45, 2.75) is 24.7 Å². The summed E-state index contributed by atoms with van der Waals surface area (Å²) in [6.07, 6.45) is 1.79. The molecule has 0 aliphatic carbocycles. The zero-order valence-electron chi connectivity index (χ0n) is 9.88. The maximum atomic E-state index is 11.3. The molecule has 5 heteroatoms. The van der Waals surface area contributed by atoms with Crippen LogP contribution >= 0.6 is 23.2 Å². The number of benzene rings is 1. The van der Waals surface area contributed by atoms with Crippen molar-refractivity contribution in [2.24, 2.45) is 0 Å². The second-order valence-electron chi connectivity index (χ2n) is 4.66. The van der Waals surface area contributed by atoms with Crippen molar-refractivity contribution in [2.75, 3.05) is 13.2 Å². The van der Waals surface area contributed by atoms with E-state index < -0.39 is 0 Å². The van der Waals surface area contributed by atoms with Gasteiger partial charge in [0.1, 0.15) is 0 Å². The largest absolute Gasteiger partial charge is 0.396 e. The third kappa shape index (κ3) is 2.63. The lowest BCUT2D eigenvalue weighted by molar-refractivity contribution is -0.123. The molecule has 98 valence electrons. The molecule has 0 spiro atoms. The van der Waals surface area contributed by atoms with Crippen LogP contribution in [0.3, 0.4) is 0 Å². The highest BCUT2D eigenvalue weighted by molar-refractivity contribution is 6.42. The van der Waals surface area contributed by atoms with E-state index >= 15 is 0 Å². The predicted octanol–water partition coefficient (Wildman–Crippen LogP) is 2.52. The zero-order chi connectivity index (χ0) is 13.2. The average Bonchev–Trinajstić information content (AvgIpc) is 2.36. The number of nitrogens with one attached hydrogen (secondary N) is 1. The van der Waals surface area contributed by atoms with Crippen molar-refractivity contribution in [1.82, 2.24) is 5.32 Å². The molecular formula is C13H15Cl2NO2. The third-order valence-electron chi connectivity index (χ3n) is 3.58. The summed E-state index contributed by atoms with van der Waals surface area (Å²) in [5.74, 6) is 0.0589. The van der Waals surface area contributed by atoms with Crippen LogP contribution in [-0.4, -0.2) is 24.2 Å². The van der Waals surface area contributed by atoms with Crippen LogP contribution in [0.25, 0.3) is 0 Å². The number of piperidine rings is 1. The fraction of sp³-hybridized carbons (Fsp3) is 0.462. The molecule has 2 rings (SSSR count). The van der Waals surface area contributed by atoms with Gasteiger partial charge in [-0.3, -0.25) is 4.79 Å². The van der Waals surface area contributed by atoms with E-state index in [-0.39, 0.29) is 17.9 Å². The second kappa shape index (κ2) is 5.47. The number of amides is 1. The van der Waals surface area contributed by atoms with Crippen LogP contribution in [0.2, 0.25) is 10.0 Å². The molecule has 0 bridgehead atoms. The Balaban J connectivity index is 2.34. The summed E-state index contributed by atoms with van der Waals surface area (Å²) in [6, 6.07) is 5.51. The summed E-state index contributed by atoms with van der Waals surface area (Å²) >= 11 is 12.0. The lowest BCUT2D eigenvalue weighted by Crippen LogP contribution is -2.46. The number of aliphatic hydroxyl groups is 1. The molecule has 1 atom stereocenters. The lowest BCUT2D eigenvalue weighted by atomic mass is 9.72. The Bertz CT molecular complexity index is 452. The average molecular weight is 288 g/mol. The van der Waals surface area contributed by atoms with E-state index in [1.807, 2.05) is 12.1 Å². The van der Waals surface area contributed by atoms with Gasteiger partial charge in [0, 0.05) is 25.0 Å². The van der Waals surface area contributed by atoms with Gasteiger partial charge in [0.25, 0.3) is 0 Å². The molecule has 1 aromatic rings. The quantitative estimate of drug-likeness (QED) is 0.898. The van der Waals surface area contributed by atoms with Crippen molar-refractivity contribution < 1.29 is 9.90 Å². The van der Waals surface area contributed by atoms with Gasteiger partial charge in [0.2, 0.25) is 5.91 Å². The van der Waals surface area contributed by atoms with Gasteiger partial charge in [-0.1, -0.05) is 29.3 Å². The number of halogens is 2. The van der Waals surface area contributed by atoms with Crippen LogP contribution in [0, 0.1) is 0 Å². The molecule has 1 aliphatic rings. The summed E-state index contributed by atoms with van der Waals surface area (Å²) in [6.45, 7) is 0.612. The molecule has 0 radical (unpaired) electrons. The highest BCUT2D eigenvalue weighted by Gasteiger charge is 2.36. The van der Waals surface area contributed by atoms with Gasteiger partial charge in [-0.2, -0.15) is 0 Å². The molecule has 1 saturated heterocycles. The Morgan fingerprint density at radius 1 is 1.33 bits per heavy atom. The smallest absolute Gasteiger partial charge is 0.220 e. The van der Waals surface area contributed by atoms with Crippen LogP contribution in [0.1, 0.15) is 24.8 Å². The van der Waals surface area contributed by atoms with Crippen LogP contribution in [0.4, 0.5) is 0 Å². The van der Waals surface area contributed by atoms with Crippen LogP contribution in [0.15, 0.2) is 18.2 Å². The third-order valence-corrected chi connectivity index (χ3v) is 4.32. The molecule has 1 aromatic carbocycles. The summed E-state index contributed by atoms with van der Waals surface area (Å²) in [5, 5.41) is 13.1. The molecule has 3 nitrogen and oxygen atoms in total. The molecule has 2 N–H and O–H groups in total. The molecule has 0 saturated carbocycles. The number of carbonyl (C=O) groups is 1. The van der Waals surface area contributed by atoms with Crippen molar-refractivity contribution in [3.8, 4) is 0 Å². The molecule has 1 amide bonds. The SMILES string of the molecule is O=C1CC[C@](CCO)(c2ccc(Cl)c(Cl)c2)CN1. The number of hydrogen-bond acceptors (Lipinski definition) is 2. The zero-order valence-corrected chi connectivity index (χ0v) is 11.4. The number of hydrogen-bond donors (Lipinski definition) is 2. The van der Waals surface area contributed by atoms with Crippen molar-refractivity contribution in [3.05, 3.63) is 33.8 Å². The van der Waals surface area contributed by atoms with E-state index in [1.165, 1.54) is 0 Å². The molecule has 0 unspecified atom stereocenters. The van der Waals surface area contributed by atoms with E-state index in [4.69, 9.17) is 23.2 Å². The minimum absolute atomic E-state index is 0.0589. The predicted molar refractivity (Wildman–Crippen MR) is 72.1 cm³/mol. The van der Waals surface area contributed by atoms with Crippen molar-refractivity contribution in [1.29, 1.82) is 0 Å². The van der Waals surface area contributed by atoms with Crippen molar-refractivity contribution in [3.63, 3.8) is 0 Å². The monoisotopic (exact) mass is 287 g/mol. The standard InChI is InChI=1S/C13H15Cl2NO2/c14-10-2-1-9(7-11(10)15)13(5-6-17)4-3-12(18)16-8-13/h1-2,7,17H,3-6,8H2,(H,16,18)/t13-/m1/s1. The first kappa shape index (κ1) is 13.7. The van der Waals surface area contributed by atoms with Crippen molar-refractivity contribution >= 4 is 29.1 Å². The van der Waals surface area contributed by atoms with Gasteiger partial charge in [0.15, 0.2) is 0 Å². The Kier molecular flexibility index (Phi) is 4.15. The molecule has 0 aromatic heterocycles. The van der Waals surface area contributed by atoms with Gasteiger partial charge < -0.3 is 10.4 Å². The lowest BCUT2D eigenvalue weighted by Gasteiger charge is -2.37. The van der Waals surface area contributed by atoms with E-state index in [0.717, 1.165) is 12.0 Å². The van der Waals surface area contributed by atoms with Gasteiger partial charge in [-0.05, 0) is 30.5 Å². The molecule has 1 heterocycles. The molecule has 1 fully saturated rings. The van der Waals surface area contributed by atoms with E-state index in [1.54, 1.807) is 6.07 Å². The van der Waals surface area contributed by atoms with Gasteiger partial charge in [-0.25, -0.2) is 0 Å². The van der Waals surface area contributed by atoms with E-state index in [0.29, 0.717) is 29.4 Å². The summed E-state index contributed by atoms with van der Waals surface area (Å²) < 4.78 is 0. The Morgan fingerprint density at radius 3 is 2.67 bits per heavy atom. The first-order valence-corrected chi connectivity index (χ1v) is 6.66. The minimum atomic E-state index is -0.239. The van der Waals surface area contributed by atoms with Gasteiger partial charge >= 0.3 is 0 Å². The Hall–Kier alpha value is -0.770. The summed E-state index contributed by atoms with van der Waals surface area (Å²) in [7, 11) is 0. The molecular weight excluding hydrogens is 273 g/mol. The number of rotatable bonds is 3. The number of carbonyl (C=O) groups excluding carboxylic acids is 1. The highest BCUT2D eigenvalue weighted by Crippen LogP contribution is 2.37. The molecule has 18 heavy (non-hydrogen) atoms. The summed E-state index contributed by atoms with van der Waals surface area (Å²) in [5.41, 5.74) is 0.780. The normalized spacial score (nSPS) is 23.8. The van der Waals surface area contributed by atoms with Crippen LogP contribution in [0.5, 0.6) is 0 Å². The van der Waals surface area contributed by atoms with Crippen LogP contribution < -0.4 is 5.32 Å². The topological polar surface area (TPSA) is 49.3 Å². The van der Waals surface area contributed by atoms with E-state index in [9.17, 15) is 9.90 Å². The van der Waals surface area contributed by atoms with Gasteiger partial charge in [-0.15, -0.1) is 0 Å². The first-order valence-electron chi connectivity index (χ1n) is 5.90. The van der Waals surface area contributed by atoms with Crippen LogP contribution in [-0.2, 0) is 10.2 Å². The Labute approximate surface area is 116 Å². The maximum Gasteiger partial charge on any atom is 0.220 e. The van der Waals surface area contributed by atoms with Gasteiger partial charge in [0.05, 0.1) is 10.0 Å². The Morgan fingerprint density at radius 2 is 2.11 bits per heavy atom. The highest BCUT2D eigenvalue weighted by atomic mass is 35.5. The fourth-order valence-corrected chi connectivity index (χ4v) is 2.74. The maximum absolute atomic E-state index is 11.3. The number of aliphatic hydroxyl groups excluding tert-OH is 1.